The molecule has 0 aliphatic carbocycles. The third-order valence-corrected chi connectivity index (χ3v) is 1.21. The Bertz CT molecular complexity index is 447. The van der Waals surface area contributed by atoms with Crippen molar-refractivity contribution in [3.05, 3.63) is 17.8 Å². The number of nitrogens with two attached hydrogens (primary N) is 1. The van der Waals surface area contributed by atoms with Gasteiger partial charge in [0, 0.05) is 18.6 Å². The number of nitrogen functional groups attached to an aromatic ring is 1. The van der Waals surface area contributed by atoms with Crippen molar-refractivity contribution in [3.8, 4) is 0 Å². The van der Waals surface area contributed by atoms with E-state index in [-0.39, 0.29) is 48.7 Å². The van der Waals surface area contributed by atoms with Crippen LogP contribution in [0.3, 0.4) is 0 Å². The van der Waals surface area contributed by atoms with Gasteiger partial charge in [0.1, 0.15) is 0 Å². The third kappa shape index (κ3) is 1.87. The molecule has 7 nitrogen and oxygen atoms in total. The molecule has 0 unspecified atom stereocenters. The molecular formula is C5H7N6OV-. The quantitative estimate of drug-likeness (QED) is 0.494. The average Bonchev–Trinajstić information content (AvgIpc) is 2.34. The number of fused-ring (bicyclic) bond motifs is 1. The van der Waals surface area contributed by atoms with Crippen molar-refractivity contribution in [2.75, 3.05) is 5.73 Å². The number of rotatable bonds is 0. The summed E-state index contributed by atoms with van der Waals surface area (Å²) in [6.45, 7) is 0. The molecule has 2 rings (SSSR count). The van der Waals surface area contributed by atoms with Gasteiger partial charge in [-0.05, 0) is 0 Å². The minimum Gasteiger partial charge on any atom is -0.369 e. The molecule has 0 bridgehead atoms. The Hall–Kier alpha value is -1.34. The number of aromatic nitrogens is 5. The number of anilines is 1. The van der Waals surface area contributed by atoms with Crippen LogP contribution in [0.1, 0.15) is 0 Å². The Kier molecular flexibility index (Phi) is 3.64. The molecule has 0 spiro atoms. The maximum absolute atomic E-state index is 11.0. The van der Waals surface area contributed by atoms with E-state index in [0.717, 1.165) is 0 Å². The third-order valence-electron chi connectivity index (χ3n) is 1.21. The fraction of sp³-hybridized carbons (Fsp3) is 0. The number of hydrogen-bond donors (Lipinski definition) is 3. The van der Waals surface area contributed by atoms with Crippen molar-refractivity contribution in [2.24, 2.45) is 0 Å². The molecule has 0 amide bonds. The second-order valence-corrected chi connectivity index (χ2v) is 1.95. The molecule has 2 aromatic rings. The molecule has 0 aliphatic heterocycles. The van der Waals surface area contributed by atoms with Crippen LogP contribution in [-0.2, 0) is 18.6 Å². The number of aromatic amines is 2. The summed E-state index contributed by atoms with van der Waals surface area (Å²) in [5.74, 6) is 0.0383. The Morgan fingerprint density at radius 2 is 2.00 bits per heavy atom. The Balaban J connectivity index is 0.000000720. The van der Waals surface area contributed by atoms with Crippen LogP contribution in [0.25, 0.3) is 11.2 Å². The topological polar surface area (TPSA) is 113 Å². The van der Waals surface area contributed by atoms with Gasteiger partial charge in [-0.3, -0.25) is 9.78 Å². The fourth-order valence-electron chi connectivity index (χ4n) is 0.773. The standard InChI is InChI=1S/C4H4N6O.CH3.V/c5-4-6-2-1(3(11)7-4)8-10-9-2;;/h(H4,5,6,7,8,9,10,11);1H3;/q;-1;. The van der Waals surface area contributed by atoms with Crippen molar-refractivity contribution in [3.63, 3.8) is 0 Å². The Labute approximate surface area is 85.0 Å². The van der Waals surface area contributed by atoms with Crippen molar-refractivity contribution in [1.29, 1.82) is 0 Å². The first-order chi connectivity index (χ1) is 5.27. The van der Waals surface area contributed by atoms with Gasteiger partial charge in [0.05, 0.1) is 0 Å². The Morgan fingerprint density at radius 3 is 2.69 bits per heavy atom. The number of hydrogen-bond acceptors (Lipinski definition) is 5. The van der Waals surface area contributed by atoms with E-state index in [0.29, 0.717) is 0 Å². The van der Waals surface area contributed by atoms with Crippen molar-refractivity contribution in [2.45, 2.75) is 0 Å². The minimum atomic E-state index is -0.388. The van der Waals surface area contributed by atoms with Gasteiger partial charge in [-0.1, -0.05) is 0 Å². The van der Waals surface area contributed by atoms with E-state index >= 15 is 0 Å². The molecule has 69 valence electrons. The molecule has 2 aromatic heterocycles. The van der Waals surface area contributed by atoms with E-state index in [9.17, 15) is 4.79 Å². The van der Waals surface area contributed by atoms with Crippen LogP contribution in [0.15, 0.2) is 4.79 Å². The van der Waals surface area contributed by atoms with Gasteiger partial charge in [-0.25, -0.2) is 0 Å². The van der Waals surface area contributed by atoms with Crippen LogP contribution in [0, 0.1) is 7.43 Å². The molecule has 0 saturated carbocycles. The summed E-state index contributed by atoms with van der Waals surface area (Å²) < 4.78 is 0. The zero-order chi connectivity index (χ0) is 7.84. The molecule has 0 fully saturated rings. The normalized spacial score (nSPS) is 8.92. The monoisotopic (exact) mass is 218 g/mol. The van der Waals surface area contributed by atoms with Gasteiger partial charge in [0.25, 0.3) is 5.56 Å². The SMILES string of the molecule is Nc1nc2n[nH]nc2c(=O)[nH]1.[CH3-].[V]. The van der Waals surface area contributed by atoms with Crippen LogP contribution in [0.2, 0.25) is 0 Å². The number of nitrogens with zero attached hydrogens (tertiary/aromatic N) is 3. The largest absolute Gasteiger partial charge is 0.369 e. The van der Waals surface area contributed by atoms with Gasteiger partial charge in [0.2, 0.25) is 11.6 Å². The van der Waals surface area contributed by atoms with E-state index in [2.05, 4.69) is 25.4 Å². The molecular weight excluding hydrogens is 211 g/mol. The molecule has 0 saturated heterocycles. The first kappa shape index (κ1) is 11.7. The predicted octanol–water partition coefficient (Wildman–Crippen LogP) is -0.929. The summed E-state index contributed by atoms with van der Waals surface area (Å²) >= 11 is 0. The van der Waals surface area contributed by atoms with Crippen LogP contribution in [0.4, 0.5) is 5.95 Å². The molecule has 2 heterocycles. The smallest absolute Gasteiger partial charge is 0.282 e. The fourth-order valence-corrected chi connectivity index (χ4v) is 0.773. The second-order valence-electron chi connectivity index (χ2n) is 1.95. The first-order valence-electron chi connectivity index (χ1n) is 2.83. The van der Waals surface area contributed by atoms with Crippen molar-refractivity contribution < 1.29 is 18.6 Å². The van der Waals surface area contributed by atoms with E-state index in [1.54, 1.807) is 0 Å². The maximum Gasteiger partial charge on any atom is 0.282 e. The van der Waals surface area contributed by atoms with Gasteiger partial charge < -0.3 is 13.2 Å². The van der Waals surface area contributed by atoms with E-state index in [1.807, 2.05) is 0 Å². The van der Waals surface area contributed by atoms with Crippen molar-refractivity contribution in [1.82, 2.24) is 25.4 Å². The van der Waals surface area contributed by atoms with Crippen LogP contribution in [-0.4, -0.2) is 25.4 Å². The molecule has 0 aliphatic rings. The molecule has 13 heavy (non-hydrogen) atoms. The zero-order valence-corrected chi connectivity index (χ0v) is 8.17. The average molecular weight is 218 g/mol. The Morgan fingerprint density at radius 1 is 1.31 bits per heavy atom. The van der Waals surface area contributed by atoms with E-state index in [4.69, 9.17) is 5.73 Å². The van der Waals surface area contributed by atoms with Crippen LogP contribution in [0.5, 0.6) is 0 Å². The van der Waals surface area contributed by atoms with Gasteiger partial charge in [-0.2, -0.15) is 10.2 Å². The maximum atomic E-state index is 11.0. The minimum absolute atomic E-state index is 0. The molecule has 0 aromatic carbocycles. The van der Waals surface area contributed by atoms with Gasteiger partial charge >= 0.3 is 0 Å². The summed E-state index contributed by atoms with van der Waals surface area (Å²) in [6, 6.07) is 0. The summed E-state index contributed by atoms with van der Waals surface area (Å²) in [5, 5.41) is 9.42. The summed E-state index contributed by atoms with van der Waals surface area (Å²) in [5.41, 5.74) is 5.24. The second kappa shape index (κ2) is 4.06. The van der Waals surface area contributed by atoms with Gasteiger partial charge in [-0.15, -0.1) is 10.2 Å². The zero-order valence-electron chi connectivity index (χ0n) is 6.77. The van der Waals surface area contributed by atoms with Crippen LogP contribution >= 0.6 is 0 Å². The molecule has 1 radical (unpaired) electrons. The van der Waals surface area contributed by atoms with Crippen molar-refractivity contribution >= 4 is 17.1 Å². The predicted molar refractivity (Wildman–Crippen MR) is 43.1 cm³/mol. The molecule has 4 N–H and O–H groups in total. The molecule has 0 atom stereocenters. The summed E-state index contributed by atoms with van der Waals surface area (Å²) in [7, 11) is 0. The van der Waals surface area contributed by atoms with Crippen LogP contribution < -0.4 is 11.3 Å². The first-order valence-corrected chi connectivity index (χ1v) is 2.83. The molecule has 8 heteroatoms. The van der Waals surface area contributed by atoms with E-state index < -0.39 is 0 Å². The number of nitrogens with one attached hydrogen (secondary N) is 2. The van der Waals surface area contributed by atoms with Gasteiger partial charge in [0.15, 0.2) is 5.52 Å². The summed E-state index contributed by atoms with van der Waals surface area (Å²) in [6.07, 6.45) is 0. The number of H-pyrrole nitrogens is 2. The summed E-state index contributed by atoms with van der Waals surface area (Å²) in [4.78, 5) is 17.0. The van der Waals surface area contributed by atoms with E-state index in [1.165, 1.54) is 0 Å².